The number of amides is 1. The minimum Gasteiger partial charge on any atom is -0.481 e. The monoisotopic (exact) mass is 302 g/mol. The number of rotatable bonds is 3. The first-order chi connectivity index (χ1) is 10.7. The van der Waals surface area contributed by atoms with Crippen LogP contribution in [0.5, 0.6) is 0 Å². The Labute approximate surface area is 130 Å². The molecule has 2 aliphatic rings. The Morgan fingerprint density at radius 2 is 1.68 bits per heavy atom. The smallest absolute Gasteiger partial charge is 0.308 e. The highest BCUT2D eigenvalue weighted by Crippen LogP contribution is 2.34. The number of carbonyl (C=O) groups is 2. The van der Waals surface area contributed by atoms with Gasteiger partial charge in [-0.3, -0.25) is 9.59 Å². The number of anilines is 2. The second-order valence-electron chi connectivity index (χ2n) is 6.13. The third-order valence-electron chi connectivity index (χ3n) is 4.59. The number of para-hydroxylation sites is 2. The van der Waals surface area contributed by atoms with Crippen LogP contribution in [-0.2, 0) is 9.59 Å². The van der Waals surface area contributed by atoms with Gasteiger partial charge in [0.15, 0.2) is 0 Å². The second kappa shape index (κ2) is 6.38. The van der Waals surface area contributed by atoms with Crippen LogP contribution in [0.25, 0.3) is 0 Å². The summed E-state index contributed by atoms with van der Waals surface area (Å²) in [6.45, 7) is 2.28. The number of carbonyl (C=O) groups excluding carboxylic acids is 1. The van der Waals surface area contributed by atoms with Gasteiger partial charge in [0.2, 0.25) is 5.91 Å². The van der Waals surface area contributed by atoms with Gasteiger partial charge in [-0.05, 0) is 25.0 Å². The summed E-state index contributed by atoms with van der Waals surface area (Å²) in [5, 5.41) is 9.16. The summed E-state index contributed by atoms with van der Waals surface area (Å²) in [5.41, 5.74) is 1.92. The van der Waals surface area contributed by atoms with Crippen molar-refractivity contribution in [3.05, 3.63) is 24.3 Å². The first kappa shape index (κ1) is 14.9. The highest BCUT2D eigenvalue weighted by Gasteiger charge is 2.36. The lowest BCUT2D eigenvalue weighted by Crippen LogP contribution is -2.30. The second-order valence-corrected chi connectivity index (χ2v) is 6.13. The van der Waals surface area contributed by atoms with Crippen LogP contribution in [0.4, 0.5) is 11.4 Å². The summed E-state index contributed by atoms with van der Waals surface area (Å²) in [5.74, 6) is -1.57. The zero-order valence-electron chi connectivity index (χ0n) is 12.7. The Kier molecular flexibility index (Phi) is 4.32. The van der Waals surface area contributed by atoms with Crippen LogP contribution in [0, 0.1) is 5.92 Å². The molecule has 5 nitrogen and oxygen atoms in total. The van der Waals surface area contributed by atoms with Crippen molar-refractivity contribution in [2.75, 3.05) is 29.4 Å². The van der Waals surface area contributed by atoms with Crippen molar-refractivity contribution >= 4 is 23.3 Å². The number of carboxylic acids is 1. The fourth-order valence-electron chi connectivity index (χ4n) is 3.38. The van der Waals surface area contributed by atoms with Gasteiger partial charge in [-0.25, -0.2) is 0 Å². The minimum absolute atomic E-state index is 0.0883. The maximum absolute atomic E-state index is 12.2. The van der Waals surface area contributed by atoms with E-state index >= 15 is 0 Å². The van der Waals surface area contributed by atoms with Crippen molar-refractivity contribution in [1.82, 2.24) is 0 Å². The van der Waals surface area contributed by atoms with Crippen LogP contribution >= 0.6 is 0 Å². The lowest BCUT2D eigenvalue weighted by Gasteiger charge is -2.28. The van der Waals surface area contributed by atoms with Gasteiger partial charge >= 0.3 is 5.97 Å². The summed E-state index contributed by atoms with van der Waals surface area (Å²) in [6, 6.07) is 7.88. The third-order valence-corrected chi connectivity index (χ3v) is 4.59. The molecule has 1 N–H and O–H groups in total. The molecule has 3 rings (SSSR count). The SMILES string of the molecule is O=C(O)C1CC(=O)N(c2ccccc2N2CCCCCC2)C1. The Balaban J connectivity index is 1.88. The number of hydrogen-bond donors (Lipinski definition) is 1. The molecule has 0 aliphatic carbocycles. The number of carboxylic acid groups (broad SMARTS) is 1. The Morgan fingerprint density at radius 1 is 1.05 bits per heavy atom. The summed E-state index contributed by atoms with van der Waals surface area (Å²) < 4.78 is 0. The van der Waals surface area contributed by atoms with E-state index in [-0.39, 0.29) is 18.9 Å². The van der Waals surface area contributed by atoms with Gasteiger partial charge in [0, 0.05) is 26.1 Å². The number of hydrogen-bond acceptors (Lipinski definition) is 3. The average Bonchev–Trinajstić information content (AvgIpc) is 2.74. The lowest BCUT2D eigenvalue weighted by atomic mass is 10.1. The number of nitrogens with zero attached hydrogens (tertiary/aromatic N) is 2. The highest BCUT2D eigenvalue weighted by atomic mass is 16.4. The molecule has 0 saturated carbocycles. The molecule has 0 spiro atoms. The summed E-state index contributed by atoms with van der Waals surface area (Å²) in [4.78, 5) is 27.4. The zero-order chi connectivity index (χ0) is 15.5. The van der Waals surface area contributed by atoms with E-state index in [9.17, 15) is 9.59 Å². The molecule has 0 bridgehead atoms. The predicted octanol–water partition coefficient (Wildman–Crippen LogP) is 2.50. The van der Waals surface area contributed by atoms with Crippen molar-refractivity contribution in [2.24, 2.45) is 5.92 Å². The van der Waals surface area contributed by atoms with Gasteiger partial charge < -0.3 is 14.9 Å². The highest BCUT2D eigenvalue weighted by molar-refractivity contribution is 6.01. The first-order valence-electron chi connectivity index (χ1n) is 8.04. The molecule has 1 amide bonds. The van der Waals surface area contributed by atoms with Gasteiger partial charge in [0.05, 0.1) is 17.3 Å². The quantitative estimate of drug-likeness (QED) is 0.932. The standard InChI is InChI=1S/C17H22N2O3/c20-16-11-13(17(21)22)12-19(16)15-8-4-3-7-14(15)18-9-5-1-2-6-10-18/h3-4,7-8,13H,1-2,5-6,9-12H2,(H,21,22). The summed E-state index contributed by atoms with van der Waals surface area (Å²) >= 11 is 0. The molecule has 22 heavy (non-hydrogen) atoms. The van der Waals surface area contributed by atoms with Gasteiger partial charge in [-0.1, -0.05) is 25.0 Å². The summed E-state index contributed by atoms with van der Waals surface area (Å²) in [7, 11) is 0. The van der Waals surface area contributed by atoms with Gasteiger partial charge in [0.1, 0.15) is 0 Å². The predicted molar refractivity (Wildman–Crippen MR) is 85.2 cm³/mol. The van der Waals surface area contributed by atoms with E-state index in [1.807, 2.05) is 24.3 Å². The van der Waals surface area contributed by atoms with E-state index in [0.29, 0.717) is 0 Å². The third kappa shape index (κ3) is 2.93. The van der Waals surface area contributed by atoms with E-state index in [1.54, 1.807) is 4.90 Å². The Morgan fingerprint density at radius 3 is 2.27 bits per heavy atom. The molecule has 118 valence electrons. The van der Waals surface area contributed by atoms with E-state index in [0.717, 1.165) is 24.5 Å². The maximum Gasteiger partial charge on any atom is 0.308 e. The molecular formula is C17H22N2O3. The molecule has 2 fully saturated rings. The molecule has 1 aromatic carbocycles. The van der Waals surface area contributed by atoms with Crippen molar-refractivity contribution < 1.29 is 14.7 Å². The van der Waals surface area contributed by atoms with Crippen LogP contribution in [0.3, 0.4) is 0 Å². The van der Waals surface area contributed by atoms with E-state index in [2.05, 4.69) is 4.90 Å². The van der Waals surface area contributed by atoms with E-state index < -0.39 is 11.9 Å². The molecule has 0 aromatic heterocycles. The molecule has 1 aromatic rings. The van der Waals surface area contributed by atoms with E-state index in [1.165, 1.54) is 25.7 Å². The molecule has 5 heteroatoms. The van der Waals surface area contributed by atoms with Crippen LogP contribution < -0.4 is 9.80 Å². The van der Waals surface area contributed by atoms with Crippen LogP contribution in [0.15, 0.2) is 24.3 Å². The normalized spacial score (nSPS) is 22.7. The number of aliphatic carboxylic acids is 1. The Hall–Kier alpha value is -2.04. The van der Waals surface area contributed by atoms with Crippen LogP contribution in [0.2, 0.25) is 0 Å². The van der Waals surface area contributed by atoms with Crippen molar-refractivity contribution in [1.29, 1.82) is 0 Å². The minimum atomic E-state index is -0.886. The molecule has 2 heterocycles. The maximum atomic E-state index is 12.2. The topological polar surface area (TPSA) is 60.9 Å². The largest absolute Gasteiger partial charge is 0.481 e. The first-order valence-corrected chi connectivity index (χ1v) is 8.04. The molecule has 1 atom stereocenters. The van der Waals surface area contributed by atoms with Gasteiger partial charge in [-0.15, -0.1) is 0 Å². The van der Waals surface area contributed by atoms with Crippen LogP contribution in [0.1, 0.15) is 32.1 Å². The van der Waals surface area contributed by atoms with Crippen molar-refractivity contribution in [2.45, 2.75) is 32.1 Å². The summed E-state index contributed by atoms with van der Waals surface area (Å²) in [6.07, 6.45) is 4.94. The van der Waals surface area contributed by atoms with Crippen molar-refractivity contribution in [3.63, 3.8) is 0 Å². The average molecular weight is 302 g/mol. The van der Waals surface area contributed by atoms with E-state index in [4.69, 9.17) is 5.11 Å². The van der Waals surface area contributed by atoms with Gasteiger partial charge in [-0.2, -0.15) is 0 Å². The lowest BCUT2D eigenvalue weighted by molar-refractivity contribution is -0.141. The molecule has 2 saturated heterocycles. The fourth-order valence-corrected chi connectivity index (χ4v) is 3.38. The zero-order valence-corrected chi connectivity index (χ0v) is 12.7. The van der Waals surface area contributed by atoms with Gasteiger partial charge in [0.25, 0.3) is 0 Å². The number of benzene rings is 1. The molecule has 2 aliphatic heterocycles. The molecule has 0 radical (unpaired) electrons. The molecular weight excluding hydrogens is 280 g/mol. The fraction of sp³-hybridized carbons (Fsp3) is 0.529. The Bertz CT molecular complexity index is 565. The van der Waals surface area contributed by atoms with Crippen molar-refractivity contribution in [3.8, 4) is 0 Å². The molecule has 1 unspecified atom stereocenters. The van der Waals surface area contributed by atoms with Crippen LogP contribution in [-0.4, -0.2) is 36.6 Å².